The van der Waals surface area contributed by atoms with Crippen LogP contribution in [0.4, 0.5) is 5.69 Å². The Hall–Kier alpha value is -1.55. The Bertz CT molecular complexity index is 519. The summed E-state index contributed by atoms with van der Waals surface area (Å²) < 4.78 is 5.93. The van der Waals surface area contributed by atoms with E-state index in [0.29, 0.717) is 5.56 Å². The molecule has 1 saturated carbocycles. The van der Waals surface area contributed by atoms with Crippen LogP contribution in [0.5, 0.6) is 0 Å². The highest BCUT2D eigenvalue weighted by atomic mass is 16.5. The third kappa shape index (κ3) is 3.31. The van der Waals surface area contributed by atoms with Gasteiger partial charge in [0, 0.05) is 12.2 Å². The molecule has 0 unspecified atom stereocenters. The topological polar surface area (TPSA) is 58.6 Å². The Morgan fingerprint density at radius 2 is 2.00 bits per heavy atom. The number of anilines is 1. The maximum Gasteiger partial charge on any atom is 0.336 e. The van der Waals surface area contributed by atoms with Crippen LogP contribution in [0.3, 0.4) is 0 Å². The van der Waals surface area contributed by atoms with Crippen molar-refractivity contribution in [1.82, 2.24) is 0 Å². The second-order valence-electron chi connectivity index (χ2n) is 5.99. The van der Waals surface area contributed by atoms with Gasteiger partial charge in [0.05, 0.1) is 17.3 Å². The molecule has 1 aliphatic rings. The molecule has 2 N–H and O–H groups in total. The number of rotatable bonds is 6. The smallest absolute Gasteiger partial charge is 0.336 e. The van der Waals surface area contributed by atoms with Crippen LogP contribution in [0.25, 0.3) is 0 Å². The molecule has 0 radical (unpaired) electrons. The van der Waals surface area contributed by atoms with E-state index in [1.807, 2.05) is 33.8 Å². The van der Waals surface area contributed by atoms with Crippen LogP contribution in [0.1, 0.15) is 48.2 Å². The van der Waals surface area contributed by atoms with Gasteiger partial charge in [-0.1, -0.05) is 6.07 Å². The van der Waals surface area contributed by atoms with Crippen LogP contribution in [0.2, 0.25) is 0 Å². The Morgan fingerprint density at radius 1 is 1.35 bits per heavy atom. The largest absolute Gasteiger partial charge is 0.478 e. The van der Waals surface area contributed by atoms with E-state index in [1.165, 1.54) is 0 Å². The zero-order valence-electron chi connectivity index (χ0n) is 12.6. The molecule has 4 nitrogen and oxygen atoms in total. The lowest BCUT2D eigenvalue weighted by atomic mass is 10.0. The summed E-state index contributed by atoms with van der Waals surface area (Å²) in [7, 11) is 0. The maximum atomic E-state index is 11.2. The predicted molar refractivity (Wildman–Crippen MR) is 79.6 cm³/mol. The number of hydrogen-bond donors (Lipinski definition) is 2. The first-order valence-electron chi connectivity index (χ1n) is 7.09. The first-order chi connectivity index (χ1) is 9.33. The van der Waals surface area contributed by atoms with Crippen molar-refractivity contribution >= 4 is 11.7 Å². The highest BCUT2D eigenvalue weighted by Crippen LogP contribution is 2.40. The van der Waals surface area contributed by atoms with E-state index in [1.54, 1.807) is 6.07 Å². The van der Waals surface area contributed by atoms with E-state index in [2.05, 4.69) is 5.32 Å². The monoisotopic (exact) mass is 277 g/mol. The first-order valence-corrected chi connectivity index (χ1v) is 7.09. The van der Waals surface area contributed by atoms with E-state index >= 15 is 0 Å². The molecule has 0 spiro atoms. The van der Waals surface area contributed by atoms with Crippen molar-refractivity contribution in [3.63, 3.8) is 0 Å². The van der Waals surface area contributed by atoms with Crippen molar-refractivity contribution in [2.24, 2.45) is 0 Å². The maximum absolute atomic E-state index is 11.2. The molecule has 1 fully saturated rings. The summed E-state index contributed by atoms with van der Waals surface area (Å²) in [5.41, 5.74) is 3.03. The van der Waals surface area contributed by atoms with Crippen molar-refractivity contribution < 1.29 is 14.6 Å². The fourth-order valence-electron chi connectivity index (χ4n) is 2.51. The number of aryl methyl sites for hydroxylation is 2. The minimum Gasteiger partial charge on any atom is -0.478 e. The lowest BCUT2D eigenvalue weighted by molar-refractivity contribution is -0.00272. The van der Waals surface area contributed by atoms with E-state index in [4.69, 9.17) is 4.74 Å². The summed E-state index contributed by atoms with van der Waals surface area (Å²) in [6.45, 7) is 8.63. The van der Waals surface area contributed by atoms with Crippen LogP contribution in [-0.2, 0) is 4.74 Å². The molecule has 1 aliphatic carbocycles. The second kappa shape index (κ2) is 5.44. The van der Waals surface area contributed by atoms with Crippen molar-refractivity contribution in [3.8, 4) is 0 Å². The molecule has 0 bridgehead atoms. The Morgan fingerprint density at radius 3 is 2.50 bits per heavy atom. The molecule has 2 rings (SSSR count). The molecule has 20 heavy (non-hydrogen) atoms. The summed E-state index contributed by atoms with van der Waals surface area (Å²) >= 11 is 0. The molecule has 1 aromatic carbocycles. The second-order valence-corrected chi connectivity index (χ2v) is 5.99. The SMILES string of the molecule is Cc1cc(C)c(C(=O)O)cc1NCC1(OC(C)C)CC1. The molecule has 0 saturated heterocycles. The number of hydrogen-bond acceptors (Lipinski definition) is 3. The normalized spacial score (nSPS) is 16.2. The molecule has 4 heteroatoms. The first kappa shape index (κ1) is 14.9. The Balaban J connectivity index is 2.10. The van der Waals surface area contributed by atoms with Gasteiger partial charge in [-0.25, -0.2) is 4.79 Å². The lowest BCUT2D eigenvalue weighted by Crippen LogP contribution is -2.28. The lowest BCUT2D eigenvalue weighted by Gasteiger charge is -2.21. The van der Waals surface area contributed by atoms with Crippen LogP contribution >= 0.6 is 0 Å². The molecular formula is C16H23NO3. The highest BCUT2D eigenvalue weighted by Gasteiger charge is 2.44. The van der Waals surface area contributed by atoms with Crippen molar-refractivity contribution in [2.45, 2.75) is 52.2 Å². The molecule has 110 valence electrons. The minimum absolute atomic E-state index is 0.0606. The van der Waals surface area contributed by atoms with Gasteiger partial charge in [-0.2, -0.15) is 0 Å². The number of benzene rings is 1. The van der Waals surface area contributed by atoms with Gasteiger partial charge in [0.2, 0.25) is 0 Å². The Labute approximate surface area is 120 Å². The van der Waals surface area contributed by atoms with E-state index < -0.39 is 5.97 Å². The van der Waals surface area contributed by atoms with Gasteiger partial charge in [-0.3, -0.25) is 0 Å². The fraction of sp³-hybridized carbons (Fsp3) is 0.562. The fourth-order valence-corrected chi connectivity index (χ4v) is 2.51. The number of carboxylic acids is 1. The summed E-state index contributed by atoms with van der Waals surface area (Å²) in [5.74, 6) is -0.884. The standard InChI is InChI=1S/C16H23NO3/c1-10(2)20-16(5-6-16)9-17-14-8-13(15(18)19)11(3)7-12(14)4/h7-8,10,17H,5-6,9H2,1-4H3,(H,18,19). The quantitative estimate of drug-likeness (QED) is 0.837. The van der Waals surface area contributed by atoms with Gasteiger partial charge >= 0.3 is 5.97 Å². The summed E-state index contributed by atoms with van der Waals surface area (Å²) in [4.78, 5) is 11.2. The summed E-state index contributed by atoms with van der Waals surface area (Å²) in [6.07, 6.45) is 2.34. The Kier molecular flexibility index (Phi) is 4.04. The van der Waals surface area contributed by atoms with Crippen LogP contribution in [0.15, 0.2) is 12.1 Å². The molecule has 0 heterocycles. The predicted octanol–water partition coefficient (Wildman–Crippen LogP) is 3.37. The van der Waals surface area contributed by atoms with E-state index in [9.17, 15) is 9.90 Å². The van der Waals surface area contributed by atoms with E-state index in [0.717, 1.165) is 36.2 Å². The van der Waals surface area contributed by atoms with Crippen molar-refractivity contribution in [1.29, 1.82) is 0 Å². The molecule has 0 amide bonds. The molecule has 1 aromatic rings. The summed E-state index contributed by atoms with van der Waals surface area (Å²) in [6, 6.07) is 3.63. The number of aromatic carboxylic acids is 1. The van der Waals surface area contributed by atoms with Gasteiger partial charge in [-0.15, -0.1) is 0 Å². The van der Waals surface area contributed by atoms with Gasteiger partial charge in [0.25, 0.3) is 0 Å². The molecule has 0 aliphatic heterocycles. The average molecular weight is 277 g/mol. The third-order valence-corrected chi connectivity index (χ3v) is 3.70. The van der Waals surface area contributed by atoms with Gasteiger partial charge < -0.3 is 15.2 Å². The van der Waals surface area contributed by atoms with Crippen molar-refractivity contribution in [3.05, 3.63) is 28.8 Å². The zero-order valence-corrected chi connectivity index (χ0v) is 12.6. The number of ether oxygens (including phenoxy) is 1. The van der Waals surface area contributed by atoms with Gasteiger partial charge in [-0.05, 0) is 57.7 Å². The van der Waals surface area contributed by atoms with Gasteiger partial charge in [0.1, 0.15) is 0 Å². The number of carbonyl (C=O) groups is 1. The van der Waals surface area contributed by atoms with Crippen LogP contribution < -0.4 is 5.32 Å². The zero-order chi connectivity index (χ0) is 14.9. The third-order valence-electron chi connectivity index (χ3n) is 3.70. The van der Waals surface area contributed by atoms with Crippen molar-refractivity contribution in [2.75, 3.05) is 11.9 Å². The minimum atomic E-state index is -0.884. The van der Waals surface area contributed by atoms with Gasteiger partial charge in [0.15, 0.2) is 0 Å². The molecule has 0 aromatic heterocycles. The average Bonchev–Trinajstić information content (AvgIpc) is 3.06. The highest BCUT2D eigenvalue weighted by molar-refractivity contribution is 5.91. The van der Waals surface area contributed by atoms with Crippen LogP contribution in [0, 0.1) is 13.8 Å². The molecular weight excluding hydrogens is 254 g/mol. The number of carboxylic acid groups (broad SMARTS) is 1. The summed E-state index contributed by atoms with van der Waals surface area (Å²) in [5, 5.41) is 12.5. The molecule has 0 atom stereocenters. The van der Waals surface area contributed by atoms with E-state index in [-0.39, 0.29) is 11.7 Å². The van der Waals surface area contributed by atoms with Crippen LogP contribution in [-0.4, -0.2) is 29.3 Å². The number of nitrogens with one attached hydrogen (secondary N) is 1.